The largest absolute Gasteiger partial charge is 0.465 e. The highest BCUT2D eigenvalue weighted by Gasteiger charge is 2.25. The molecule has 0 bridgehead atoms. The molecule has 8 nitrogen and oxygen atoms in total. The maximum atomic E-state index is 12.8. The SMILES string of the molecule is CCCCCCCCC(CCCCCC)COC(=O)CCCCCN(CCCCCC(=O)OCC(CCCCCC)CCCCCCCC)CCN(CCOC(C)=O)C1CCC1. The second-order valence-electron chi connectivity index (χ2n) is 19.3. The number of esters is 3. The molecule has 0 aromatic rings. The van der Waals surface area contributed by atoms with Gasteiger partial charge in [-0.05, 0) is 89.1 Å². The van der Waals surface area contributed by atoms with Gasteiger partial charge in [0.2, 0.25) is 0 Å². The van der Waals surface area contributed by atoms with Crippen LogP contribution in [0.2, 0.25) is 0 Å². The Hall–Kier alpha value is -1.67. The third kappa shape index (κ3) is 35.7. The molecule has 366 valence electrons. The molecule has 0 spiro atoms. The molecule has 0 aromatic heterocycles. The Morgan fingerprint density at radius 1 is 0.452 bits per heavy atom. The first kappa shape index (κ1) is 58.3. The van der Waals surface area contributed by atoms with Gasteiger partial charge in [-0.2, -0.15) is 0 Å². The summed E-state index contributed by atoms with van der Waals surface area (Å²) >= 11 is 0. The van der Waals surface area contributed by atoms with E-state index in [2.05, 4.69) is 37.5 Å². The van der Waals surface area contributed by atoms with Crippen LogP contribution in [0.25, 0.3) is 0 Å². The van der Waals surface area contributed by atoms with Crippen molar-refractivity contribution in [3.8, 4) is 0 Å². The highest BCUT2D eigenvalue weighted by Crippen LogP contribution is 2.25. The van der Waals surface area contributed by atoms with Crippen molar-refractivity contribution in [3.63, 3.8) is 0 Å². The van der Waals surface area contributed by atoms with Gasteiger partial charge < -0.3 is 19.1 Å². The van der Waals surface area contributed by atoms with E-state index in [9.17, 15) is 14.4 Å². The van der Waals surface area contributed by atoms with Crippen LogP contribution in [0.5, 0.6) is 0 Å². The minimum atomic E-state index is -0.210. The number of hydrogen-bond donors (Lipinski definition) is 0. The fourth-order valence-corrected chi connectivity index (χ4v) is 9.04. The molecular formula is C54H104N2O6. The molecule has 0 amide bonds. The van der Waals surface area contributed by atoms with Crippen LogP contribution >= 0.6 is 0 Å². The van der Waals surface area contributed by atoms with Crippen LogP contribution in [0.3, 0.4) is 0 Å². The van der Waals surface area contributed by atoms with Crippen molar-refractivity contribution in [2.24, 2.45) is 11.8 Å². The van der Waals surface area contributed by atoms with Gasteiger partial charge in [0, 0.05) is 45.4 Å². The lowest BCUT2D eigenvalue weighted by molar-refractivity contribution is -0.146. The van der Waals surface area contributed by atoms with Gasteiger partial charge in [-0.1, -0.05) is 175 Å². The lowest BCUT2D eigenvalue weighted by atomic mass is 9.91. The molecule has 1 fully saturated rings. The van der Waals surface area contributed by atoms with Gasteiger partial charge in [0.15, 0.2) is 0 Å². The van der Waals surface area contributed by atoms with E-state index in [1.807, 2.05) is 0 Å². The van der Waals surface area contributed by atoms with Crippen molar-refractivity contribution in [1.29, 1.82) is 0 Å². The molecule has 1 rings (SSSR count). The van der Waals surface area contributed by atoms with Crippen LogP contribution in [0, 0.1) is 11.8 Å². The summed E-state index contributed by atoms with van der Waals surface area (Å²) in [5, 5.41) is 0. The van der Waals surface area contributed by atoms with Gasteiger partial charge >= 0.3 is 17.9 Å². The van der Waals surface area contributed by atoms with E-state index in [-0.39, 0.29) is 17.9 Å². The lowest BCUT2D eigenvalue weighted by Gasteiger charge is -2.38. The van der Waals surface area contributed by atoms with Gasteiger partial charge in [0.25, 0.3) is 0 Å². The second-order valence-corrected chi connectivity index (χ2v) is 19.3. The Kier molecular flexibility index (Phi) is 40.7. The molecule has 8 heteroatoms. The second kappa shape index (κ2) is 43.2. The van der Waals surface area contributed by atoms with E-state index in [0.717, 1.165) is 71.2 Å². The molecule has 2 unspecified atom stereocenters. The maximum Gasteiger partial charge on any atom is 0.305 e. The monoisotopic (exact) mass is 877 g/mol. The molecule has 0 radical (unpaired) electrons. The van der Waals surface area contributed by atoms with Crippen molar-refractivity contribution < 1.29 is 28.6 Å². The molecule has 62 heavy (non-hydrogen) atoms. The average molecular weight is 877 g/mol. The van der Waals surface area contributed by atoms with E-state index in [1.165, 1.54) is 180 Å². The third-order valence-electron chi connectivity index (χ3n) is 13.5. The van der Waals surface area contributed by atoms with Crippen molar-refractivity contribution in [3.05, 3.63) is 0 Å². The number of carbonyl (C=O) groups excluding carboxylic acids is 3. The Labute approximate surface area is 384 Å². The molecule has 0 aliphatic heterocycles. The minimum Gasteiger partial charge on any atom is -0.465 e. The molecule has 0 aromatic carbocycles. The summed E-state index contributed by atoms with van der Waals surface area (Å²) in [7, 11) is 0. The number of rotatable bonds is 47. The maximum absolute atomic E-state index is 12.8. The number of unbranched alkanes of at least 4 members (excludes halogenated alkanes) is 20. The van der Waals surface area contributed by atoms with Gasteiger partial charge in [-0.3, -0.25) is 19.3 Å². The topological polar surface area (TPSA) is 85.4 Å². The van der Waals surface area contributed by atoms with Gasteiger partial charge in [0.1, 0.15) is 6.61 Å². The number of carbonyl (C=O) groups is 3. The van der Waals surface area contributed by atoms with Gasteiger partial charge in [-0.25, -0.2) is 0 Å². The predicted octanol–water partition coefficient (Wildman–Crippen LogP) is 14.6. The van der Waals surface area contributed by atoms with E-state index in [4.69, 9.17) is 14.2 Å². The molecule has 0 N–H and O–H groups in total. The fraction of sp³-hybridized carbons (Fsp3) is 0.944. The number of hydrogen-bond acceptors (Lipinski definition) is 8. The van der Waals surface area contributed by atoms with E-state index >= 15 is 0 Å². The number of ether oxygens (including phenoxy) is 3. The van der Waals surface area contributed by atoms with Crippen molar-refractivity contribution >= 4 is 17.9 Å². The smallest absolute Gasteiger partial charge is 0.305 e. The predicted molar refractivity (Wildman–Crippen MR) is 262 cm³/mol. The molecule has 2 atom stereocenters. The highest BCUT2D eigenvalue weighted by atomic mass is 16.5. The van der Waals surface area contributed by atoms with E-state index < -0.39 is 0 Å². The van der Waals surface area contributed by atoms with Crippen molar-refractivity contribution in [1.82, 2.24) is 9.80 Å². The zero-order valence-electron chi connectivity index (χ0n) is 42.0. The molecule has 1 aliphatic rings. The summed E-state index contributed by atoms with van der Waals surface area (Å²) in [5.41, 5.74) is 0. The zero-order chi connectivity index (χ0) is 45.1. The summed E-state index contributed by atoms with van der Waals surface area (Å²) in [4.78, 5) is 42.3. The Morgan fingerprint density at radius 2 is 0.839 bits per heavy atom. The molecule has 1 aliphatic carbocycles. The highest BCUT2D eigenvalue weighted by molar-refractivity contribution is 5.69. The third-order valence-corrected chi connectivity index (χ3v) is 13.5. The van der Waals surface area contributed by atoms with E-state index in [0.29, 0.717) is 50.5 Å². The summed E-state index contributed by atoms with van der Waals surface area (Å²) in [6.45, 7) is 17.0. The Morgan fingerprint density at radius 3 is 1.23 bits per heavy atom. The summed E-state index contributed by atoms with van der Waals surface area (Å²) in [5.74, 6) is 0.759. The average Bonchev–Trinajstić information content (AvgIpc) is 3.24. The van der Waals surface area contributed by atoms with Crippen LogP contribution in [0.4, 0.5) is 0 Å². The minimum absolute atomic E-state index is 0.0221. The van der Waals surface area contributed by atoms with Crippen molar-refractivity contribution in [2.75, 3.05) is 52.5 Å². The molecule has 0 heterocycles. The molecule has 0 saturated heterocycles. The van der Waals surface area contributed by atoms with Gasteiger partial charge in [0.05, 0.1) is 13.2 Å². The van der Waals surface area contributed by atoms with Gasteiger partial charge in [-0.15, -0.1) is 0 Å². The summed E-state index contributed by atoms with van der Waals surface area (Å²) in [6, 6.07) is 0.591. The van der Waals surface area contributed by atoms with E-state index in [1.54, 1.807) is 0 Å². The van der Waals surface area contributed by atoms with Crippen LogP contribution < -0.4 is 0 Å². The lowest BCUT2D eigenvalue weighted by Crippen LogP contribution is -2.46. The Bertz CT molecular complexity index is 963. The normalized spacial score (nSPS) is 14.0. The molecule has 1 saturated carbocycles. The van der Waals surface area contributed by atoms with Crippen LogP contribution in [-0.2, 0) is 28.6 Å². The summed E-state index contributed by atoms with van der Waals surface area (Å²) in [6.07, 6.45) is 41.3. The first-order chi connectivity index (χ1) is 30.3. The first-order valence-electron chi connectivity index (χ1n) is 27.2. The summed E-state index contributed by atoms with van der Waals surface area (Å²) < 4.78 is 17.1. The molecular weight excluding hydrogens is 773 g/mol. The van der Waals surface area contributed by atoms with Crippen molar-refractivity contribution in [2.45, 2.75) is 265 Å². The van der Waals surface area contributed by atoms with Crippen LogP contribution in [-0.4, -0.2) is 86.3 Å². The fourth-order valence-electron chi connectivity index (χ4n) is 9.04. The standard InChI is InChI=1S/C54H104N2O6/c1-6-10-14-18-20-26-35-50(33-24-16-12-8-3)47-61-53(58)39-28-22-30-41-55(43-44-56(52-37-32-38-52)45-46-60-49(5)57)42-31-23-29-40-54(59)62-48-51(34-25-17-13-9-4)36-27-21-19-15-11-7-2/h50-52H,6-48H2,1-5H3. The first-order valence-corrected chi connectivity index (χ1v) is 27.2. The quantitative estimate of drug-likeness (QED) is 0.0339. The Balaban J connectivity index is 2.57. The van der Waals surface area contributed by atoms with Crippen LogP contribution in [0.1, 0.15) is 259 Å². The number of nitrogens with zero attached hydrogens (tertiary/aromatic N) is 2. The zero-order valence-corrected chi connectivity index (χ0v) is 42.0. The van der Waals surface area contributed by atoms with Crippen LogP contribution in [0.15, 0.2) is 0 Å².